The molecule has 0 spiro atoms. The lowest BCUT2D eigenvalue weighted by atomic mass is 9.80. The highest BCUT2D eigenvalue weighted by Crippen LogP contribution is 2.33. The lowest BCUT2D eigenvalue weighted by Gasteiger charge is -2.26. The van der Waals surface area contributed by atoms with Crippen molar-refractivity contribution < 1.29 is 17.9 Å². The molecule has 0 aromatic heterocycles. The molecule has 0 saturated heterocycles. The maximum absolute atomic E-state index is 14.6. The molecule has 168 valence electrons. The lowest BCUT2D eigenvalue weighted by Crippen LogP contribution is -2.12. The fraction of sp³-hybridized carbons (Fsp3) is 0.481. The van der Waals surface area contributed by atoms with Gasteiger partial charge in [-0.2, -0.15) is 4.39 Å². The summed E-state index contributed by atoms with van der Waals surface area (Å²) in [4.78, 5) is 0. The van der Waals surface area contributed by atoms with E-state index in [1.165, 1.54) is 56.7 Å². The first-order valence-electron chi connectivity index (χ1n) is 11.6. The van der Waals surface area contributed by atoms with Crippen molar-refractivity contribution in [2.75, 3.05) is 6.61 Å². The van der Waals surface area contributed by atoms with Gasteiger partial charge in [-0.1, -0.05) is 44.1 Å². The molecule has 0 unspecified atom stereocenters. The molecule has 4 heteroatoms. The maximum Gasteiger partial charge on any atom is 0.201 e. The van der Waals surface area contributed by atoms with Crippen LogP contribution >= 0.6 is 0 Å². The quantitative estimate of drug-likeness (QED) is 0.364. The monoisotopic (exact) mass is 430 g/mol. The van der Waals surface area contributed by atoms with Crippen LogP contribution in [0.4, 0.5) is 13.2 Å². The highest BCUT2D eigenvalue weighted by molar-refractivity contribution is 5.65. The first kappa shape index (κ1) is 23.4. The van der Waals surface area contributed by atoms with Crippen molar-refractivity contribution in [1.82, 2.24) is 0 Å². The molecule has 0 atom stereocenters. The minimum Gasteiger partial charge on any atom is -0.491 e. The first-order chi connectivity index (χ1) is 15.0. The topological polar surface area (TPSA) is 9.23 Å². The van der Waals surface area contributed by atoms with Crippen molar-refractivity contribution in [2.24, 2.45) is 11.8 Å². The first-order valence-corrected chi connectivity index (χ1v) is 11.6. The van der Waals surface area contributed by atoms with E-state index in [-0.39, 0.29) is 23.7 Å². The Labute approximate surface area is 184 Å². The maximum atomic E-state index is 14.6. The summed E-state index contributed by atoms with van der Waals surface area (Å²) in [5, 5.41) is 0. The zero-order chi connectivity index (χ0) is 22.2. The summed E-state index contributed by atoms with van der Waals surface area (Å²) in [6.45, 7) is 4.20. The Morgan fingerprint density at radius 3 is 2.42 bits per heavy atom. The second-order valence-electron chi connectivity index (χ2n) is 8.51. The number of hydrogen-bond acceptors (Lipinski definition) is 1. The minimum absolute atomic E-state index is 0.0324. The summed E-state index contributed by atoms with van der Waals surface area (Å²) < 4.78 is 48.2. The van der Waals surface area contributed by atoms with E-state index in [4.69, 9.17) is 4.74 Å². The zero-order valence-electron chi connectivity index (χ0n) is 18.6. The molecule has 1 fully saturated rings. The predicted octanol–water partition coefficient (Wildman–Crippen LogP) is 8.26. The fourth-order valence-corrected chi connectivity index (χ4v) is 4.54. The Hall–Kier alpha value is -2.23. The molecule has 0 aliphatic heterocycles. The standard InChI is InChI=1S/C27H33F3O/c1-3-7-19-10-12-20(13-11-19)8-5-6-9-21-14-15-22(18-24(21)28)23-16-17-25(31-4-2)27(30)26(23)29/h5,8,14-20H,3-4,6-7,9-13H2,1-2H3/b8-5+. The van der Waals surface area contributed by atoms with Gasteiger partial charge in [0, 0.05) is 5.56 Å². The Bertz CT molecular complexity index is 882. The van der Waals surface area contributed by atoms with Gasteiger partial charge in [0.15, 0.2) is 11.6 Å². The van der Waals surface area contributed by atoms with Crippen molar-refractivity contribution in [3.8, 4) is 16.9 Å². The summed E-state index contributed by atoms with van der Waals surface area (Å²) in [7, 11) is 0. The van der Waals surface area contributed by atoms with E-state index in [1.54, 1.807) is 19.1 Å². The van der Waals surface area contributed by atoms with Crippen LogP contribution < -0.4 is 4.74 Å². The van der Waals surface area contributed by atoms with Crippen LogP contribution in [-0.2, 0) is 6.42 Å². The molecule has 0 N–H and O–H groups in total. The molecule has 1 saturated carbocycles. The van der Waals surface area contributed by atoms with Crippen molar-refractivity contribution in [1.29, 1.82) is 0 Å². The lowest BCUT2D eigenvalue weighted by molar-refractivity contribution is 0.294. The number of allylic oxidation sites excluding steroid dienone is 2. The highest BCUT2D eigenvalue weighted by Gasteiger charge is 2.19. The van der Waals surface area contributed by atoms with Gasteiger partial charge >= 0.3 is 0 Å². The molecule has 0 radical (unpaired) electrons. The van der Waals surface area contributed by atoms with Crippen LogP contribution in [0.1, 0.15) is 64.4 Å². The Morgan fingerprint density at radius 1 is 0.968 bits per heavy atom. The van der Waals surface area contributed by atoms with Gasteiger partial charge < -0.3 is 4.74 Å². The summed E-state index contributed by atoms with van der Waals surface area (Å²) >= 11 is 0. The van der Waals surface area contributed by atoms with Crippen LogP contribution in [0.15, 0.2) is 42.5 Å². The molecule has 0 amide bonds. The van der Waals surface area contributed by atoms with E-state index in [9.17, 15) is 13.2 Å². The van der Waals surface area contributed by atoms with E-state index in [2.05, 4.69) is 19.1 Å². The second kappa shape index (κ2) is 11.4. The van der Waals surface area contributed by atoms with Gasteiger partial charge in [0.2, 0.25) is 5.82 Å². The number of aryl methyl sites for hydroxylation is 1. The second-order valence-corrected chi connectivity index (χ2v) is 8.51. The number of ether oxygens (including phenoxy) is 1. The molecule has 1 nitrogen and oxygen atoms in total. The van der Waals surface area contributed by atoms with Crippen molar-refractivity contribution >= 4 is 0 Å². The third-order valence-corrected chi connectivity index (χ3v) is 6.29. The molecule has 0 heterocycles. The predicted molar refractivity (Wildman–Crippen MR) is 121 cm³/mol. The van der Waals surface area contributed by atoms with Crippen molar-refractivity contribution in [3.63, 3.8) is 0 Å². The fourth-order valence-electron chi connectivity index (χ4n) is 4.54. The summed E-state index contributed by atoms with van der Waals surface area (Å²) in [5.41, 5.74) is 0.942. The average Bonchev–Trinajstić information content (AvgIpc) is 2.77. The Kier molecular flexibility index (Phi) is 8.62. The van der Waals surface area contributed by atoms with Gasteiger partial charge in [-0.05, 0) is 86.6 Å². The van der Waals surface area contributed by atoms with E-state index >= 15 is 0 Å². The molecule has 31 heavy (non-hydrogen) atoms. The van der Waals surface area contributed by atoms with E-state index in [0.29, 0.717) is 23.5 Å². The summed E-state index contributed by atoms with van der Waals surface area (Å²) in [5.74, 6) is -1.03. The van der Waals surface area contributed by atoms with E-state index in [1.807, 2.05) is 0 Å². The third-order valence-electron chi connectivity index (χ3n) is 6.29. The van der Waals surface area contributed by atoms with Crippen LogP contribution in [0.3, 0.4) is 0 Å². The molecular formula is C27H33F3O. The SMILES string of the molecule is CCCC1CCC(/C=C/CCc2ccc(-c3ccc(OCC)c(F)c3F)cc2F)CC1. The van der Waals surface area contributed by atoms with Gasteiger partial charge in [-0.15, -0.1) is 0 Å². The normalized spacial score (nSPS) is 19.1. The molecule has 0 bridgehead atoms. The van der Waals surface area contributed by atoms with E-state index in [0.717, 1.165) is 12.3 Å². The molecule has 2 aromatic rings. The molecular weight excluding hydrogens is 397 g/mol. The number of hydrogen-bond donors (Lipinski definition) is 0. The van der Waals surface area contributed by atoms with Gasteiger partial charge in [0.1, 0.15) is 5.82 Å². The van der Waals surface area contributed by atoms with Gasteiger partial charge in [0.05, 0.1) is 6.61 Å². The summed E-state index contributed by atoms with van der Waals surface area (Å²) in [6, 6.07) is 7.41. The average molecular weight is 431 g/mol. The minimum atomic E-state index is -1.04. The zero-order valence-corrected chi connectivity index (χ0v) is 18.6. The Balaban J connectivity index is 1.57. The molecule has 1 aliphatic rings. The molecule has 2 aromatic carbocycles. The third kappa shape index (κ3) is 6.15. The van der Waals surface area contributed by atoms with Crippen LogP contribution in [0.5, 0.6) is 5.75 Å². The number of halogens is 3. The van der Waals surface area contributed by atoms with Crippen LogP contribution in [0.25, 0.3) is 11.1 Å². The van der Waals surface area contributed by atoms with Crippen molar-refractivity contribution in [2.45, 2.75) is 65.2 Å². The number of rotatable bonds is 9. The van der Waals surface area contributed by atoms with Gasteiger partial charge in [-0.3, -0.25) is 0 Å². The molecule has 3 rings (SSSR count). The van der Waals surface area contributed by atoms with E-state index < -0.39 is 11.6 Å². The van der Waals surface area contributed by atoms with Crippen LogP contribution in [-0.4, -0.2) is 6.61 Å². The van der Waals surface area contributed by atoms with Crippen LogP contribution in [0, 0.1) is 29.3 Å². The van der Waals surface area contributed by atoms with Crippen molar-refractivity contribution in [3.05, 3.63) is 65.5 Å². The number of benzene rings is 2. The Morgan fingerprint density at radius 2 is 1.74 bits per heavy atom. The largest absolute Gasteiger partial charge is 0.491 e. The summed E-state index contributed by atoms with van der Waals surface area (Å²) in [6.07, 6.45) is 13.6. The van der Waals surface area contributed by atoms with Crippen LogP contribution in [0.2, 0.25) is 0 Å². The highest BCUT2D eigenvalue weighted by atomic mass is 19.2. The molecule has 1 aliphatic carbocycles. The smallest absolute Gasteiger partial charge is 0.201 e. The van der Waals surface area contributed by atoms with Gasteiger partial charge in [0.25, 0.3) is 0 Å². The van der Waals surface area contributed by atoms with Gasteiger partial charge in [-0.25, -0.2) is 8.78 Å².